The number of rotatable bonds is 6. The summed E-state index contributed by atoms with van der Waals surface area (Å²) >= 11 is 5.63. The molecule has 2 aromatic rings. The average Bonchev–Trinajstić information content (AvgIpc) is 2.78. The van der Waals surface area contributed by atoms with E-state index in [-0.39, 0.29) is 5.02 Å². The molecule has 0 atom stereocenters. The van der Waals surface area contributed by atoms with E-state index in [4.69, 9.17) is 20.8 Å². The lowest BCUT2D eigenvalue weighted by atomic mass is 10.2. The van der Waals surface area contributed by atoms with Crippen molar-refractivity contribution in [1.82, 2.24) is 5.32 Å². The van der Waals surface area contributed by atoms with Crippen LogP contribution in [-0.2, 0) is 13.2 Å². The van der Waals surface area contributed by atoms with Crippen LogP contribution in [0.15, 0.2) is 28.7 Å². The van der Waals surface area contributed by atoms with Crippen molar-refractivity contribution in [2.24, 2.45) is 0 Å². The fraction of sp³-hybridized carbons (Fsp3) is 0.375. The molecule has 1 heterocycles. The highest BCUT2D eigenvalue weighted by Gasteiger charge is 2.09. The summed E-state index contributed by atoms with van der Waals surface area (Å²) in [6, 6.07) is 6.75. The first kappa shape index (κ1) is 15.9. The van der Waals surface area contributed by atoms with Crippen molar-refractivity contribution in [3.8, 4) is 5.75 Å². The van der Waals surface area contributed by atoms with Crippen molar-refractivity contribution in [3.05, 3.63) is 52.2 Å². The van der Waals surface area contributed by atoms with Gasteiger partial charge in [-0.15, -0.1) is 0 Å². The third-order valence-corrected chi connectivity index (χ3v) is 3.35. The van der Waals surface area contributed by atoms with E-state index < -0.39 is 5.82 Å². The quantitative estimate of drug-likeness (QED) is 0.855. The van der Waals surface area contributed by atoms with Gasteiger partial charge in [0.05, 0.1) is 11.6 Å². The maximum Gasteiger partial charge on any atom is 0.145 e. The van der Waals surface area contributed by atoms with Gasteiger partial charge in [-0.1, -0.05) is 25.4 Å². The lowest BCUT2D eigenvalue weighted by Gasteiger charge is -2.05. The van der Waals surface area contributed by atoms with Gasteiger partial charge in [0.2, 0.25) is 0 Å². The van der Waals surface area contributed by atoms with Crippen molar-refractivity contribution in [1.29, 1.82) is 0 Å². The van der Waals surface area contributed by atoms with Crippen LogP contribution in [-0.4, -0.2) is 6.04 Å². The maximum absolute atomic E-state index is 13.3. The highest BCUT2D eigenvalue weighted by Crippen LogP contribution is 2.22. The summed E-state index contributed by atoms with van der Waals surface area (Å²) < 4.78 is 24.6. The van der Waals surface area contributed by atoms with Crippen molar-refractivity contribution < 1.29 is 13.5 Å². The average molecular weight is 312 g/mol. The van der Waals surface area contributed by atoms with Gasteiger partial charge in [0, 0.05) is 17.7 Å². The summed E-state index contributed by atoms with van der Waals surface area (Å²) in [5, 5.41) is 3.38. The Morgan fingerprint density at radius 1 is 1.33 bits per heavy atom. The van der Waals surface area contributed by atoms with E-state index in [0.717, 1.165) is 17.1 Å². The highest BCUT2D eigenvalue weighted by molar-refractivity contribution is 6.30. The molecule has 0 aliphatic carbocycles. The van der Waals surface area contributed by atoms with Crippen LogP contribution in [0.3, 0.4) is 0 Å². The summed E-state index contributed by atoms with van der Waals surface area (Å²) in [6.45, 7) is 7.05. The van der Waals surface area contributed by atoms with Crippen molar-refractivity contribution in [2.45, 2.75) is 40.0 Å². The van der Waals surface area contributed by atoms with Gasteiger partial charge < -0.3 is 14.5 Å². The molecule has 3 nitrogen and oxygen atoms in total. The monoisotopic (exact) mass is 311 g/mol. The molecule has 0 unspecified atom stereocenters. The standard InChI is InChI=1S/C16H19ClFNO2/c1-10(2)19-8-14-6-12(11(3)21-14)9-20-13-4-5-15(17)16(18)7-13/h4-7,10,19H,8-9H2,1-3H3. The molecule has 0 saturated carbocycles. The van der Waals surface area contributed by atoms with Gasteiger partial charge in [0.1, 0.15) is 29.7 Å². The van der Waals surface area contributed by atoms with Crippen molar-refractivity contribution in [3.63, 3.8) is 0 Å². The first-order valence-corrected chi connectivity index (χ1v) is 7.23. The molecule has 114 valence electrons. The molecular weight excluding hydrogens is 293 g/mol. The van der Waals surface area contributed by atoms with Crippen LogP contribution >= 0.6 is 11.6 Å². The number of hydrogen-bond donors (Lipinski definition) is 1. The van der Waals surface area contributed by atoms with E-state index in [2.05, 4.69) is 19.2 Å². The summed E-state index contributed by atoms with van der Waals surface area (Å²) in [5.74, 6) is 1.63. The van der Waals surface area contributed by atoms with Crippen LogP contribution in [0.5, 0.6) is 5.75 Å². The van der Waals surface area contributed by atoms with E-state index in [1.54, 1.807) is 6.07 Å². The minimum atomic E-state index is -0.486. The second-order valence-electron chi connectivity index (χ2n) is 5.19. The minimum absolute atomic E-state index is 0.0869. The molecule has 0 aliphatic heterocycles. The maximum atomic E-state index is 13.3. The summed E-state index contributed by atoms with van der Waals surface area (Å²) in [6.07, 6.45) is 0. The van der Waals surface area contributed by atoms with Gasteiger partial charge in [-0.25, -0.2) is 4.39 Å². The normalized spacial score (nSPS) is 11.1. The van der Waals surface area contributed by atoms with Gasteiger partial charge >= 0.3 is 0 Å². The number of benzene rings is 1. The lowest BCUT2D eigenvalue weighted by molar-refractivity contribution is 0.301. The number of furan rings is 1. The molecule has 0 amide bonds. The fourth-order valence-corrected chi connectivity index (χ4v) is 1.97. The van der Waals surface area contributed by atoms with E-state index in [1.807, 2.05) is 13.0 Å². The summed E-state index contributed by atoms with van der Waals surface area (Å²) in [5.41, 5.74) is 0.950. The van der Waals surface area contributed by atoms with E-state index >= 15 is 0 Å². The van der Waals surface area contributed by atoms with Crippen LogP contribution < -0.4 is 10.1 Å². The smallest absolute Gasteiger partial charge is 0.145 e. The Labute approximate surface area is 129 Å². The van der Waals surface area contributed by atoms with Crippen LogP contribution in [0.1, 0.15) is 30.9 Å². The first-order chi connectivity index (χ1) is 9.95. The Morgan fingerprint density at radius 2 is 2.10 bits per heavy atom. The molecule has 21 heavy (non-hydrogen) atoms. The lowest BCUT2D eigenvalue weighted by Crippen LogP contribution is -2.21. The molecule has 0 bridgehead atoms. The van der Waals surface area contributed by atoms with E-state index in [9.17, 15) is 4.39 Å². The predicted octanol–water partition coefficient (Wildman–Crippen LogP) is 4.46. The zero-order valence-electron chi connectivity index (χ0n) is 12.4. The molecule has 0 aliphatic rings. The number of hydrogen-bond acceptors (Lipinski definition) is 3. The zero-order chi connectivity index (χ0) is 15.4. The van der Waals surface area contributed by atoms with Crippen molar-refractivity contribution >= 4 is 11.6 Å². The Kier molecular flexibility index (Phi) is 5.26. The van der Waals surface area contributed by atoms with Crippen LogP contribution in [0.25, 0.3) is 0 Å². The fourth-order valence-electron chi connectivity index (χ4n) is 1.85. The third-order valence-electron chi connectivity index (χ3n) is 3.04. The molecule has 1 aromatic carbocycles. The van der Waals surface area contributed by atoms with Gasteiger partial charge in [0.15, 0.2) is 0 Å². The Morgan fingerprint density at radius 3 is 2.76 bits per heavy atom. The Balaban J connectivity index is 1.97. The Hall–Kier alpha value is -1.52. The van der Waals surface area contributed by atoms with Gasteiger partial charge in [-0.2, -0.15) is 0 Å². The van der Waals surface area contributed by atoms with Gasteiger partial charge in [-0.05, 0) is 25.1 Å². The molecule has 1 aromatic heterocycles. The SMILES string of the molecule is Cc1oc(CNC(C)C)cc1COc1ccc(Cl)c(F)c1. The molecular formula is C16H19ClFNO2. The first-order valence-electron chi connectivity index (χ1n) is 6.85. The largest absolute Gasteiger partial charge is 0.489 e. The predicted molar refractivity (Wildman–Crippen MR) is 81.2 cm³/mol. The van der Waals surface area contributed by atoms with Crippen LogP contribution in [0.2, 0.25) is 5.02 Å². The Bertz CT molecular complexity index is 610. The molecule has 2 rings (SSSR count). The highest BCUT2D eigenvalue weighted by atomic mass is 35.5. The summed E-state index contributed by atoms with van der Waals surface area (Å²) in [4.78, 5) is 0. The van der Waals surface area contributed by atoms with Gasteiger partial charge in [-0.3, -0.25) is 0 Å². The van der Waals surface area contributed by atoms with Gasteiger partial charge in [0.25, 0.3) is 0 Å². The second-order valence-corrected chi connectivity index (χ2v) is 5.60. The summed E-state index contributed by atoms with van der Waals surface area (Å²) in [7, 11) is 0. The third kappa shape index (κ3) is 4.48. The van der Waals surface area contributed by atoms with Crippen molar-refractivity contribution in [2.75, 3.05) is 0 Å². The minimum Gasteiger partial charge on any atom is -0.489 e. The zero-order valence-corrected chi connectivity index (χ0v) is 13.1. The molecule has 0 spiro atoms. The molecule has 0 radical (unpaired) electrons. The van der Waals surface area contributed by atoms with E-state index in [1.165, 1.54) is 12.1 Å². The molecule has 5 heteroatoms. The molecule has 0 fully saturated rings. The number of halogens is 2. The topological polar surface area (TPSA) is 34.4 Å². The van der Waals surface area contributed by atoms with Crippen LogP contribution in [0, 0.1) is 12.7 Å². The number of nitrogens with one attached hydrogen (secondary N) is 1. The second kappa shape index (κ2) is 6.96. The number of aryl methyl sites for hydroxylation is 1. The molecule has 0 saturated heterocycles. The van der Waals surface area contributed by atoms with Crippen LogP contribution in [0.4, 0.5) is 4.39 Å². The molecule has 1 N–H and O–H groups in total. The number of ether oxygens (including phenoxy) is 1. The van der Waals surface area contributed by atoms with E-state index in [0.29, 0.717) is 24.9 Å².